The predicted octanol–water partition coefficient (Wildman–Crippen LogP) is 5.29. The van der Waals surface area contributed by atoms with Crippen molar-refractivity contribution in [3.8, 4) is 5.75 Å². The predicted molar refractivity (Wildman–Crippen MR) is 109 cm³/mol. The second-order valence-corrected chi connectivity index (χ2v) is 9.42. The van der Waals surface area contributed by atoms with Crippen molar-refractivity contribution in [3.05, 3.63) is 64.7 Å². The summed E-state index contributed by atoms with van der Waals surface area (Å²) < 4.78 is 11.1. The summed E-state index contributed by atoms with van der Waals surface area (Å²) in [6.45, 7) is 14.2. The van der Waals surface area contributed by atoms with Crippen LogP contribution in [-0.2, 0) is 15.6 Å². The molecule has 1 aliphatic heterocycles. The normalized spacial score (nSPS) is 16.9. The summed E-state index contributed by atoms with van der Waals surface area (Å²) in [5.74, 6) is 0.757. The van der Waals surface area contributed by atoms with E-state index in [0.29, 0.717) is 17.7 Å². The third-order valence-corrected chi connectivity index (χ3v) is 4.86. The number of epoxide rings is 1. The second kappa shape index (κ2) is 7.12. The number of carbonyl (C=O) groups excluding carboxylic acids is 1. The van der Waals surface area contributed by atoms with Crippen LogP contribution in [0.25, 0.3) is 0 Å². The van der Waals surface area contributed by atoms with E-state index in [-0.39, 0.29) is 22.7 Å². The van der Waals surface area contributed by atoms with Gasteiger partial charge in [-0.25, -0.2) is 0 Å². The molecule has 3 nitrogen and oxygen atoms in total. The van der Waals surface area contributed by atoms with Gasteiger partial charge in [0.2, 0.25) is 0 Å². The largest absolute Gasteiger partial charge is 0.491 e. The molecule has 1 fully saturated rings. The van der Waals surface area contributed by atoms with Gasteiger partial charge < -0.3 is 9.47 Å². The molecule has 0 aliphatic carbocycles. The summed E-state index contributed by atoms with van der Waals surface area (Å²) >= 11 is 0. The van der Waals surface area contributed by atoms with E-state index in [9.17, 15) is 4.79 Å². The Bertz CT molecular complexity index is 833. The summed E-state index contributed by atoms with van der Waals surface area (Å²) in [5, 5.41) is 0. The van der Waals surface area contributed by atoms with Crippen LogP contribution < -0.4 is 4.74 Å². The average Bonchev–Trinajstić information content (AvgIpc) is 3.42. The molecule has 2 aromatic carbocycles. The number of ketones is 1. The van der Waals surface area contributed by atoms with Gasteiger partial charge in [-0.1, -0.05) is 59.7 Å². The first-order valence-corrected chi connectivity index (χ1v) is 9.59. The molecule has 3 rings (SSSR count). The quantitative estimate of drug-likeness (QED) is 0.533. The third-order valence-electron chi connectivity index (χ3n) is 4.86. The summed E-state index contributed by atoms with van der Waals surface area (Å²) in [6.07, 6.45) is 0.186. The summed E-state index contributed by atoms with van der Waals surface area (Å²) in [4.78, 5) is 13.2. The van der Waals surface area contributed by atoms with Gasteiger partial charge in [0, 0.05) is 11.1 Å². The molecule has 0 aromatic heterocycles. The average molecular weight is 367 g/mol. The highest BCUT2D eigenvalue weighted by Crippen LogP contribution is 2.30. The first-order chi connectivity index (χ1) is 12.5. The molecule has 144 valence electrons. The molecule has 0 saturated carbocycles. The van der Waals surface area contributed by atoms with Crippen molar-refractivity contribution in [1.82, 2.24) is 0 Å². The van der Waals surface area contributed by atoms with E-state index in [1.54, 1.807) is 0 Å². The van der Waals surface area contributed by atoms with Gasteiger partial charge in [-0.05, 0) is 46.2 Å². The lowest BCUT2D eigenvalue weighted by Crippen LogP contribution is -2.15. The zero-order chi connectivity index (χ0) is 19.8. The van der Waals surface area contributed by atoms with E-state index in [1.165, 1.54) is 0 Å². The van der Waals surface area contributed by atoms with Crippen LogP contribution in [0.15, 0.2) is 42.5 Å². The van der Waals surface area contributed by atoms with Crippen LogP contribution in [0.1, 0.15) is 68.6 Å². The Balaban J connectivity index is 1.96. The SMILES string of the molecule is CC(C)(C)c1cccc(C(=O)c2cc(OCC3CO3)cc(C(C)(C)C)c2)c1. The Hall–Kier alpha value is -2.13. The molecule has 1 saturated heterocycles. The van der Waals surface area contributed by atoms with Gasteiger partial charge in [-0.15, -0.1) is 0 Å². The molecule has 1 aliphatic rings. The van der Waals surface area contributed by atoms with E-state index in [1.807, 2.05) is 36.4 Å². The van der Waals surface area contributed by atoms with E-state index in [0.717, 1.165) is 23.5 Å². The van der Waals surface area contributed by atoms with Crippen LogP contribution in [0.3, 0.4) is 0 Å². The van der Waals surface area contributed by atoms with Crippen LogP contribution >= 0.6 is 0 Å². The number of hydrogen-bond donors (Lipinski definition) is 0. The van der Waals surface area contributed by atoms with Crippen LogP contribution in [0.4, 0.5) is 0 Å². The van der Waals surface area contributed by atoms with Gasteiger partial charge in [0.25, 0.3) is 0 Å². The zero-order valence-electron chi connectivity index (χ0n) is 17.3. The summed E-state index contributed by atoms with van der Waals surface area (Å²) in [5.41, 5.74) is 3.56. The Morgan fingerprint density at radius 1 is 0.963 bits per heavy atom. The zero-order valence-corrected chi connectivity index (χ0v) is 17.3. The molecule has 2 aromatic rings. The molecule has 0 N–H and O–H groups in total. The first kappa shape index (κ1) is 19.6. The molecular formula is C24H30O3. The minimum Gasteiger partial charge on any atom is -0.491 e. The van der Waals surface area contributed by atoms with Crippen molar-refractivity contribution in [3.63, 3.8) is 0 Å². The first-order valence-electron chi connectivity index (χ1n) is 9.59. The standard InChI is InChI=1S/C24H30O3/c1-23(2,3)18-9-7-8-16(10-18)22(25)17-11-19(24(4,5)6)13-20(12-17)26-14-21-15-27-21/h7-13,21H,14-15H2,1-6H3. The van der Waals surface area contributed by atoms with E-state index in [4.69, 9.17) is 9.47 Å². The van der Waals surface area contributed by atoms with Crippen LogP contribution in [0.5, 0.6) is 5.75 Å². The number of hydrogen-bond acceptors (Lipinski definition) is 3. The minimum absolute atomic E-state index is 0.00207. The summed E-state index contributed by atoms with van der Waals surface area (Å²) in [7, 11) is 0. The third kappa shape index (κ3) is 4.98. The Morgan fingerprint density at radius 2 is 1.59 bits per heavy atom. The summed E-state index contributed by atoms with van der Waals surface area (Å²) in [6, 6.07) is 13.8. The van der Waals surface area contributed by atoms with Crippen molar-refractivity contribution in [2.24, 2.45) is 0 Å². The van der Waals surface area contributed by atoms with Crippen molar-refractivity contribution in [2.75, 3.05) is 13.2 Å². The van der Waals surface area contributed by atoms with Crippen molar-refractivity contribution >= 4 is 5.78 Å². The van der Waals surface area contributed by atoms with Crippen LogP contribution in [-0.4, -0.2) is 25.1 Å². The molecule has 0 spiro atoms. The molecule has 0 radical (unpaired) electrons. The van der Waals surface area contributed by atoms with Gasteiger partial charge in [-0.2, -0.15) is 0 Å². The van der Waals surface area contributed by atoms with Crippen LogP contribution in [0, 0.1) is 0 Å². The maximum Gasteiger partial charge on any atom is 0.193 e. The van der Waals surface area contributed by atoms with Gasteiger partial charge in [0.05, 0.1) is 6.61 Å². The van der Waals surface area contributed by atoms with Crippen molar-refractivity contribution < 1.29 is 14.3 Å². The van der Waals surface area contributed by atoms with Gasteiger partial charge in [-0.3, -0.25) is 4.79 Å². The van der Waals surface area contributed by atoms with E-state index < -0.39 is 0 Å². The molecule has 0 bridgehead atoms. The maximum atomic E-state index is 13.2. The topological polar surface area (TPSA) is 38.8 Å². The lowest BCUT2D eigenvalue weighted by Gasteiger charge is -2.22. The molecule has 1 unspecified atom stereocenters. The van der Waals surface area contributed by atoms with Gasteiger partial charge in [0.15, 0.2) is 5.78 Å². The fourth-order valence-electron chi connectivity index (χ4n) is 2.89. The highest BCUT2D eigenvalue weighted by atomic mass is 16.6. The number of ether oxygens (including phenoxy) is 2. The fraction of sp³-hybridized carbons (Fsp3) is 0.458. The molecule has 0 amide bonds. The lowest BCUT2D eigenvalue weighted by molar-refractivity contribution is 0.103. The second-order valence-electron chi connectivity index (χ2n) is 9.42. The van der Waals surface area contributed by atoms with Gasteiger partial charge >= 0.3 is 0 Å². The number of carbonyl (C=O) groups is 1. The van der Waals surface area contributed by atoms with Crippen molar-refractivity contribution in [2.45, 2.75) is 58.5 Å². The number of rotatable bonds is 5. The van der Waals surface area contributed by atoms with Crippen LogP contribution in [0.2, 0.25) is 0 Å². The smallest absolute Gasteiger partial charge is 0.193 e. The number of benzene rings is 2. The Kier molecular flexibility index (Phi) is 5.18. The monoisotopic (exact) mass is 366 g/mol. The fourth-order valence-corrected chi connectivity index (χ4v) is 2.89. The van der Waals surface area contributed by atoms with E-state index in [2.05, 4.69) is 47.6 Å². The maximum absolute atomic E-state index is 13.2. The minimum atomic E-state index is -0.0717. The van der Waals surface area contributed by atoms with E-state index >= 15 is 0 Å². The highest BCUT2D eigenvalue weighted by molar-refractivity contribution is 6.09. The van der Waals surface area contributed by atoms with Crippen molar-refractivity contribution in [1.29, 1.82) is 0 Å². The Labute approximate surface area is 162 Å². The molecule has 1 heterocycles. The van der Waals surface area contributed by atoms with Gasteiger partial charge in [0.1, 0.15) is 18.5 Å². The molecule has 27 heavy (non-hydrogen) atoms. The molecule has 1 atom stereocenters. The molecule has 3 heteroatoms. The highest BCUT2D eigenvalue weighted by Gasteiger charge is 2.24. The Morgan fingerprint density at radius 3 is 2.19 bits per heavy atom. The lowest BCUT2D eigenvalue weighted by atomic mass is 9.84. The molecular weight excluding hydrogens is 336 g/mol.